The molecular formula is C13H24N2O. The molecule has 0 aromatic carbocycles. The number of likely N-dealkylation sites (N-methyl/N-ethyl adjacent to an activating group) is 1. The van der Waals surface area contributed by atoms with E-state index in [0.717, 1.165) is 24.9 Å². The predicted molar refractivity (Wildman–Crippen MR) is 65.2 cm³/mol. The number of nitrogens with one attached hydrogen (secondary N) is 1. The summed E-state index contributed by atoms with van der Waals surface area (Å²) < 4.78 is 0. The van der Waals surface area contributed by atoms with Gasteiger partial charge >= 0.3 is 0 Å². The summed E-state index contributed by atoms with van der Waals surface area (Å²) in [5.41, 5.74) is 0. The van der Waals surface area contributed by atoms with Crippen LogP contribution in [0.1, 0.15) is 39.5 Å². The molecule has 1 aliphatic heterocycles. The Hall–Kier alpha value is -0.570. The van der Waals surface area contributed by atoms with E-state index in [1.165, 1.54) is 32.2 Å². The maximum atomic E-state index is 11.1. The third-order valence-electron chi connectivity index (χ3n) is 3.83. The maximum absolute atomic E-state index is 11.1. The van der Waals surface area contributed by atoms with Crippen molar-refractivity contribution < 1.29 is 4.79 Å². The molecular weight excluding hydrogens is 200 g/mol. The normalized spacial score (nSPS) is 31.4. The SMILES string of the molecule is CCN1CC(CC2CC2)CC(NC(C)=O)C1. The molecule has 0 aromatic heterocycles. The monoisotopic (exact) mass is 224 g/mol. The van der Waals surface area contributed by atoms with Gasteiger partial charge in [-0.15, -0.1) is 0 Å². The Bertz CT molecular complexity index is 250. The van der Waals surface area contributed by atoms with Gasteiger partial charge in [0.1, 0.15) is 0 Å². The Morgan fingerprint density at radius 2 is 2.06 bits per heavy atom. The van der Waals surface area contributed by atoms with Gasteiger partial charge in [0.25, 0.3) is 0 Å². The van der Waals surface area contributed by atoms with E-state index in [1.54, 1.807) is 6.92 Å². The molecule has 1 aliphatic carbocycles. The fourth-order valence-corrected chi connectivity index (χ4v) is 2.95. The van der Waals surface area contributed by atoms with Crippen molar-refractivity contribution in [3.63, 3.8) is 0 Å². The molecule has 1 saturated heterocycles. The second kappa shape index (κ2) is 5.17. The molecule has 0 spiro atoms. The zero-order valence-electron chi connectivity index (χ0n) is 10.5. The van der Waals surface area contributed by atoms with Crippen LogP contribution in [0.5, 0.6) is 0 Å². The molecule has 1 heterocycles. The van der Waals surface area contributed by atoms with Gasteiger partial charge in [-0.3, -0.25) is 4.79 Å². The first-order valence-electron chi connectivity index (χ1n) is 6.66. The summed E-state index contributed by atoms with van der Waals surface area (Å²) in [6, 6.07) is 0.384. The molecule has 0 radical (unpaired) electrons. The van der Waals surface area contributed by atoms with Crippen molar-refractivity contribution in [3.05, 3.63) is 0 Å². The van der Waals surface area contributed by atoms with Gasteiger partial charge in [-0.25, -0.2) is 0 Å². The predicted octanol–water partition coefficient (Wildman–Crippen LogP) is 1.63. The molecule has 0 bridgehead atoms. The molecule has 0 aromatic rings. The van der Waals surface area contributed by atoms with Crippen LogP contribution in [0, 0.1) is 11.8 Å². The Balaban J connectivity index is 1.85. The van der Waals surface area contributed by atoms with Crippen molar-refractivity contribution in [1.29, 1.82) is 0 Å². The highest BCUT2D eigenvalue weighted by molar-refractivity contribution is 5.73. The third-order valence-corrected chi connectivity index (χ3v) is 3.83. The summed E-state index contributed by atoms with van der Waals surface area (Å²) in [5.74, 6) is 1.92. The summed E-state index contributed by atoms with van der Waals surface area (Å²) in [6.45, 7) is 7.22. The first-order valence-corrected chi connectivity index (χ1v) is 6.66. The van der Waals surface area contributed by atoms with Crippen molar-refractivity contribution in [3.8, 4) is 0 Å². The molecule has 3 nitrogen and oxygen atoms in total. The molecule has 2 atom stereocenters. The molecule has 2 rings (SSSR count). The van der Waals surface area contributed by atoms with Crippen LogP contribution >= 0.6 is 0 Å². The van der Waals surface area contributed by atoms with Gasteiger partial charge in [-0.05, 0) is 31.2 Å². The third kappa shape index (κ3) is 3.48. The first-order chi connectivity index (χ1) is 7.67. The Kier molecular flexibility index (Phi) is 3.85. The minimum atomic E-state index is 0.119. The lowest BCUT2D eigenvalue weighted by Crippen LogP contribution is -2.50. The molecule has 1 amide bonds. The van der Waals surface area contributed by atoms with E-state index in [9.17, 15) is 4.79 Å². The number of amides is 1. The Morgan fingerprint density at radius 3 is 2.62 bits per heavy atom. The number of nitrogens with zero attached hydrogens (tertiary/aromatic N) is 1. The summed E-state index contributed by atoms with van der Waals surface area (Å²) in [6.07, 6.45) is 5.44. The second-order valence-electron chi connectivity index (χ2n) is 5.53. The maximum Gasteiger partial charge on any atom is 0.217 e. The number of hydrogen-bond donors (Lipinski definition) is 1. The van der Waals surface area contributed by atoms with Crippen molar-refractivity contribution in [2.75, 3.05) is 19.6 Å². The number of piperidine rings is 1. The van der Waals surface area contributed by atoms with E-state index < -0.39 is 0 Å². The van der Waals surface area contributed by atoms with Crippen LogP contribution in [-0.2, 0) is 4.79 Å². The molecule has 2 unspecified atom stereocenters. The second-order valence-corrected chi connectivity index (χ2v) is 5.53. The van der Waals surface area contributed by atoms with Crippen LogP contribution in [0.4, 0.5) is 0 Å². The van der Waals surface area contributed by atoms with Crippen LogP contribution in [0.3, 0.4) is 0 Å². The van der Waals surface area contributed by atoms with Gasteiger partial charge in [-0.1, -0.05) is 19.8 Å². The minimum absolute atomic E-state index is 0.119. The lowest BCUT2D eigenvalue weighted by molar-refractivity contribution is -0.120. The fraction of sp³-hybridized carbons (Fsp3) is 0.923. The van der Waals surface area contributed by atoms with E-state index in [-0.39, 0.29) is 5.91 Å². The highest BCUT2D eigenvalue weighted by Crippen LogP contribution is 2.37. The molecule has 2 aliphatic rings. The van der Waals surface area contributed by atoms with E-state index in [4.69, 9.17) is 0 Å². The molecule has 2 fully saturated rings. The Labute approximate surface area is 98.6 Å². The summed E-state index contributed by atoms with van der Waals surface area (Å²) in [5, 5.41) is 3.09. The lowest BCUT2D eigenvalue weighted by atomic mass is 9.89. The van der Waals surface area contributed by atoms with E-state index in [0.29, 0.717) is 6.04 Å². The highest BCUT2D eigenvalue weighted by atomic mass is 16.1. The van der Waals surface area contributed by atoms with Crippen LogP contribution in [-0.4, -0.2) is 36.5 Å². The molecule has 3 heteroatoms. The van der Waals surface area contributed by atoms with Gasteiger partial charge in [0.2, 0.25) is 5.91 Å². The van der Waals surface area contributed by atoms with Gasteiger partial charge in [-0.2, -0.15) is 0 Å². The average molecular weight is 224 g/mol. The van der Waals surface area contributed by atoms with Crippen molar-refractivity contribution in [1.82, 2.24) is 10.2 Å². The standard InChI is InChI=1S/C13H24N2O/c1-3-15-8-12(6-11-4-5-11)7-13(9-15)14-10(2)16/h11-13H,3-9H2,1-2H3,(H,14,16). The summed E-state index contributed by atoms with van der Waals surface area (Å²) in [4.78, 5) is 13.6. The minimum Gasteiger partial charge on any atom is -0.352 e. The quantitative estimate of drug-likeness (QED) is 0.787. The number of likely N-dealkylation sites (tertiary alicyclic amines) is 1. The first kappa shape index (κ1) is 11.9. The Morgan fingerprint density at radius 1 is 1.31 bits per heavy atom. The van der Waals surface area contributed by atoms with Crippen LogP contribution in [0.2, 0.25) is 0 Å². The largest absolute Gasteiger partial charge is 0.352 e. The highest BCUT2D eigenvalue weighted by Gasteiger charge is 2.31. The van der Waals surface area contributed by atoms with Crippen LogP contribution < -0.4 is 5.32 Å². The van der Waals surface area contributed by atoms with Gasteiger partial charge in [0.15, 0.2) is 0 Å². The van der Waals surface area contributed by atoms with Crippen LogP contribution in [0.15, 0.2) is 0 Å². The average Bonchev–Trinajstić information content (AvgIpc) is 3.00. The zero-order valence-corrected chi connectivity index (χ0v) is 10.5. The zero-order chi connectivity index (χ0) is 11.5. The van der Waals surface area contributed by atoms with Crippen molar-refractivity contribution in [2.45, 2.75) is 45.6 Å². The van der Waals surface area contributed by atoms with E-state index in [1.807, 2.05) is 0 Å². The van der Waals surface area contributed by atoms with Gasteiger partial charge in [0.05, 0.1) is 0 Å². The van der Waals surface area contributed by atoms with E-state index in [2.05, 4.69) is 17.1 Å². The fourth-order valence-electron chi connectivity index (χ4n) is 2.95. The van der Waals surface area contributed by atoms with Gasteiger partial charge in [0, 0.05) is 26.1 Å². The number of hydrogen-bond acceptors (Lipinski definition) is 2. The van der Waals surface area contributed by atoms with Crippen molar-refractivity contribution >= 4 is 5.91 Å². The summed E-state index contributed by atoms with van der Waals surface area (Å²) in [7, 11) is 0. The number of carbonyl (C=O) groups excluding carboxylic acids is 1. The smallest absolute Gasteiger partial charge is 0.217 e. The number of carbonyl (C=O) groups is 1. The van der Waals surface area contributed by atoms with E-state index >= 15 is 0 Å². The van der Waals surface area contributed by atoms with Crippen LogP contribution in [0.25, 0.3) is 0 Å². The topological polar surface area (TPSA) is 32.3 Å². The molecule has 1 N–H and O–H groups in total. The molecule has 1 saturated carbocycles. The van der Waals surface area contributed by atoms with Crippen molar-refractivity contribution in [2.24, 2.45) is 11.8 Å². The lowest BCUT2D eigenvalue weighted by Gasteiger charge is -2.37. The molecule has 16 heavy (non-hydrogen) atoms. The summed E-state index contributed by atoms with van der Waals surface area (Å²) >= 11 is 0. The number of rotatable bonds is 4. The van der Waals surface area contributed by atoms with Gasteiger partial charge < -0.3 is 10.2 Å². The molecule has 92 valence electrons.